The SMILES string of the molecule is CCOC(=O)C1=C(C)N=c2s/c(=C\c3ccc(Cl)cc3)c(=O)n2[C@@H]1c1ccc(OC)c(OC)c1. The second-order valence-electron chi connectivity index (χ2n) is 7.47. The maximum atomic E-state index is 13.6. The fraction of sp³-hybridized carbons (Fsp3) is 0.240. The van der Waals surface area contributed by atoms with Crippen molar-refractivity contribution in [2.45, 2.75) is 19.9 Å². The number of esters is 1. The van der Waals surface area contributed by atoms with Crippen molar-refractivity contribution in [2.24, 2.45) is 4.99 Å². The summed E-state index contributed by atoms with van der Waals surface area (Å²) >= 11 is 7.25. The van der Waals surface area contributed by atoms with Gasteiger partial charge in [0, 0.05) is 5.02 Å². The maximum absolute atomic E-state index is 13.6. The van der Waals surface area contributed by atoms with E-state index in [-0.39, 0.29) is 12.2 Å². The van der Waals surface area contributed by atoms with Gasteiger partial charge in [0.1, 0.15) is 0 Å². The van der Waals surface area contributed by atoms with Crippen molar-refractivity contribution in [3.8, 4) is 11.5 Å². The van der Waals surface area contributed by atoms with Gasteiger partial charge in [-0.2, -0.15) is 0 Å². The number of carbonyl (C=O) groups excluding carboxylic acids is 1. The minimum absolute atomic E-state index is 0.204. The molecule has 0 N–H and O–H groups in total. The van der Waals surface area contributed by atoms with Crippen molar-refractivity contribution < 1.29 is 19.0 Å². The van der Waals surface area contributed by atoms with E-state index in [1.165, 1.54) is 23.0 Å². The van der Waals surface area contributed by atoms with Crippen LogP contribution < -0.4 is 24.4 Å². The van der Waals surface area contributed by atoms with Crippen molar-refractivity contribution in [1.82, 2.24) is 4.57 Å². The second kappa shape index (κ2) is 9.87. The summed E-state index contributed by atoms with van der Waals surface area (Å²) in [4.78, 5) is 31.7. The van der Waals surface area contributed by atoms with Gasteiger partial charge in [-0.05, 0) is 55.3 Å². The van der Waals surface area contributed by atoms with Crippen LogP contribution in [-0.2, 0) is 9.53 Å². The van der Waals surface area contributed by atoms with E-state index >= 15 is 0 Å². The van der Waals surface area contributed by atoms with Crippen LogP contribution >= 0.6 is 22.9 Å². The maximum Gasteiger partial charge on any atom is 0.338 e. The molecule has 0 aliphatic carbocycles. The molecule has 3 aromatic rings. The van der Waals surface area contributed by atoms with E-state index in [0.717, 1.165) is 5.56 Å². The van der Waals surface area contributed by atoms with Crippen LogP contribution in [-0.4, -0.2) is 31.4 Å². The Hall–Kier alpha value is -3.36. The summed E-state index contributed by atoms with van der Waals surface area (Å²) < 4.78 is 18.2. The molecule has 0 unspecified atom stereocenters. The summed E-state index contributed by atoms with van der Waals surface area (Å²) in [5.74, 6) is 0.511. The summed E-state index contributed by atoms with van der Waals surface area (Å²) in [6, 6.07) is 11.8. The number of carbonyl (C=O) groups is 1. The van der Waals surface area contributed by atoms with E-state index in [9.17, 15) is 9.59 Å². The molecule has 7 nitrogen and oxygen atoms in total. The highest BCUT2D eigenvalue weighted by molar-refractivity contribution is 7.07. The minimum Gasteiger partial charge on any atom is -0.493 e. The van der Waals surface area contributed by atoms with E-state index < -0.39 is 12.0 Å². The molecule has 176 valence electrons. The van der Waals surface area contributed by atoms with E-state index in [1.54, 1.807) is 57.4 Å². The Labute approximate surface area is 205 Å². The van der Waals surface area contributed by atoms with E-state index in [1.807, 2.05) is 12.1 Å². The molecule has 2 aromatic carbocycles. The number of nitrogens with zero attached hydrogens (tertiary/aromatic N) is 2. The number of hydrogen-bond donors (Lipinski definition) is 0. The van der Waals surface area contributed by atoms with Gasteiger partial charge in [0.05, 0.1) is 42.7 Å². The van der Waals surface area contributed by atoms with E-state index in [4.69, 9.17) is 25.8 Å². The first-order valence-electron chi connectivity index (χ1n) is 10.5. The summed E-state index contributed by atoms with van der Waals surface area (Å²) in [5.41, 5.74) is 2.05. The van der Waals surface area contributed by atoms with Gasteiger partial charge in [0.15, 0.2) is 16.3 Å². The average Bonchev–Trinajstić information content (AvgIpc) is 3.13. The fourth-order valence-corrected chi connectivity index (χ4v) is 5.01. The van der Waals surface area contributed by atoms with Crippen molar-refractivity contribution >= 4 is 35.0 Å². The van der Waals surface area contributed by atoms with E-state index in [2.05, 4.69) is 4.99 Å². The Morgan fingerprint density at radius 2 is 1.85 bits per heavy atom. The number of hydrogen-bond acceptors (Lipinski definition) is 7. The number of allylic oxidation sites excluding steroid dienone is 1. The van der Waals surface area contributed by atoms with Crippen LogP contribution in [0.4, 0.5) is 0 Å². The zero-order chi connectivity index (χ0) is 24.4. The molecule has 1 aromatic heterocycles. The van der Waals surface area contributed by atoms with Gasteiger partial charge < -0.3 is 14.2 Å². The molecule has 0 spiro atoms. The second-order valence-corrected chi connectivity index (χ2v) is 8.91. The number of rotatable bonds is 6. The lowest BCUT2D eigenvalue weighted by Gasteiger charge is -2.25. The highest BCUT2D eigenvalue weighted by atomic mass is 35.5. The first-order chi connectivity index (χ1) is 16.4. The molecule has 0 amide bonds. The fourth-order valence-electron chi connectivity index (χ4n) is 3.84. The lowest BCUT2D eigenvalue weighted by atomic mass is 9.95. The van der Waals surface area contributed by atoms with Crippen molar-refractivity contribution in [2.75, 3.05) is 20.8 Å². The monoisotopic (exact) mass is 498 g/mol. The molecule has 0 bridgehead atoms. The first-order valence-corrected chi connectivity index (χ1v) is 11.7. The normalized spacial score (nSPS) is 15.6. The molecular weight excluding hydrogens is 476 g/mol. The molecule has 0 fully saturated rings. The van der Waals surface area contributed by atoms with Gasteiger partial charge in [0.2, 0.25) is 0 Å². The van der Waals surface area contributed by atoms with Crippen molar-refractivity contribution in [1.29, 1.82) is 0 Å². The lowest BCUT2D eigenvalue weighted by Crippen LogP contribution is -2.39. The Morgan fingerprint density at radius 1 is 1.15 bits per heavy atom. The van der Waals surface area contributed by atoms with Crippen molar-refractivity contribution in [3.05, 3.63) is 89.6 Å². The highest BCUT2D eigenvalue weighted by Gasteiger charge is 2.33. The Morgan fingerprint density at radius 3 is 2.50 bits per heavy atom. The third-order valence-electron chi connectivity index (χ3n) is 5.41. The third kappa shape index (κ3) is 4.38. The van der Waals surface area contributed by atoms with Crippen LogP contribution in [0.5, 0.6) is 11.5 Å². The molecule has 2 heterocycles. The standard InChI is InChI=1S/C25H23ClN2O5S/c1-5-33-24(30)21-14(2)27-25-28(22(21)16-8-11-18(31-3)19(13-16)32-4)23(29)20(34-25)12-15-6-9-17(26)10-7-15/h6-13,22H,5H2,1-4H3/b20-12-/t22-/m1/s1. The zero-order valence-corrected chi connectivity index (χ0v) is 20.7. The largest absolute Gasteiger partial charge is 0.493 e. The topological polar surface area (TPSA) is 79.1 Å². The van der Waals surface area contributed by atoms with Gasteiger partial charge >= 0.3 is 5.97 Å². The van der Waals surface area contributed by atoms with Crippen LogP contribution in [0.15, 0.2) is 63.5 Å². The number of halogens is 1. The van der Waals surface area contributed by atoms with Gasteiger partial charge in [0.25, 0.3) is 5.56 Å². The smallest absolute Gasteiger partial charge is 0.338 e. The van der Waals surface area contributed by atoms with Crippen LogP contribution in [0.2, 0.25) is 5.02 Å². The zero-order valence-electron chi connectivity index (χ0n) is 19.1. The Kier molecular flexibility index (Phi) is 6.90. The van der Waals surface area contributed by atoms with Crippen molar-refractivity contribution in [3.63, 3.8) is 0 Å². The molecule has 1 atom stereocenters. The minimum atomic E-state index is -0.734. The predicted molar refractivity (Wildman–Crippen MR) is 131 cm³/mol. The van der Waals surface area contributed by atoms with E-state index in [0.29, 0.717) is 42.7 Å². The number of fused-ring (bicyclic) bond motifs is 1. The van der Waals surface area contributed by atoms with Gasteiger partial charge in [-0.1, -0.05) is 41.1 Å². The number of thiazole rings is 1. The molecule has 0 saturated carbocycles. The molecule has 1 aliphatic heterocycles. The number of aromatic nitrogens is 1. The van der Waals surface area contributed by atoms with Gasteiger partial charge in [-0.25, -0.2) is 9.79 Å². The molecular formula is C25H23ClN2O5S. The highest BCUT2D eigenvalue weighted by Crippen LogP contribution is 2.36. The summed E-state index contributed by atoms with van der Waals surface area (Å²) in [7, 11) is 3.08. The molecule has 0 saturated heterocycles. The summed E-state index contributed by atoms with van der Waals surface area (Å²) in [6.07, 6.45) is 1.79. The number of benzene rings is 2. The number of methoxy groups -OCH3 is 2. The van der Waals surface area contributed by atoms with Crippen LogP contribution in [0.25, 0.3) is 6.08 Å². The average molecular weight is 499 g/mol. The molecule has 0 radical (unpaired) electrons. The van der Waals surface area contributed by atoms with Crippen LogP contribution in [0.3, 0.4) is 0 Å². The van der Waals surface area contributed by atoms with Gasteiger partial charge in [-0.15, -0.1) is 0 Å². The van der Waals surface area contributed by atoms with Crippen LogP contribution in [0.1, 0.15) is 31.0 Å². The molecule has 9 heteroatoms. The number of ether oxygens (including phenoxy) is 3. The summed E-state index contributed by atoms with van der Waals surface area (Å²) in [6.45, 7) is 3.69. The lowest BCUT2D eigenvalue weighted by molar-refractivity contribution is -0.139. The quantitative estimate of drug-likeness (QED) is 0.486. The predicted octanol–water partition coefficient (Wildman–Crippen LogP) is 3.47. The summed E-state index contributed by atoms with van der Waals surface area (Å²) in [5, 5.41) is 0.613. The van der Waals surface area contributed by atoms with Crippen LogP contribution in [0, 0.1) is 0 Å². The Bertz CT molecular complexity index is 1450. The molecule has 34 heavy (non-hydrogen) atoms. The Balaban J connectivity index is 1.96. The van der Waals surface area contributed by atoms with Gasteiger partial charge in [-0.3, -0.25) is 9.36 Å². The third-order valence-corrected chi connectivity index (χ3v) is 6.64. The molecule has 4 rings (SSSR count). The first kappa shape index (κ1) is 23.8. The molecule has 1 aliphatic rings.